The number of rotatable bonds is 5. The van der Waals surface area contributed by atoms with E-state index >= 15 is 0 Å². The van der Waals surface area contributed by atoms with Gasteiger partial charge in [0.15, 0.2) is 0 Å². The van der Waals surface area contributed by atoms with Gasteiger partial charge in [-0.1, -0.05) is 6.92 Å². The van der Waals surface area contributed by atoms with Crippen LogP contribution in [0.4, 0.5) is 5.95 Å². The Morgan fingerprint density at radius 1 is 1.14 bits per heavy atom. The van der Waals surface area contributed by atoms with Gasteiger partial charge in [-0.25, -0.2) is 9.97 Å². The molecule has 1 aliphatic rings. The third-order valence-corrected chi connectivity index (χ3v) is 3.90. The number of hydrogen-bond donors (Lipinski definition) is 1. The van der Waals surface area contributed by atoms with Crippen LogP contribution >= 0.6 is 24.8 Å². The van der Waals surface area contributed by atoms with Crippen LogP contribution < -0.4 is 10.6 Å². The number of fused-ring (bicyclic) bond motifs is 1. The predicted molar refractivity (Wildman–Crippen MR) is 92.6 cm³/mol. The van der Waals surface area contributed by atoms with Crippen molar-refractivity contribution < 1.29 is 0 Å². The van der Waals surface area contributed by atoms with Crippen molar-refractivity contribution in [3.05, 3.63) is 17.0 Å². The highest BCUT2D eigenvalue weighted by molar-refractivity contribution is 5.85. The zero-order valence-corrected chi connectivity index (χ0v) is 14.8. The van der Waals surface area contributed by atoms with Gasteiger partial charge in [0.2, 0.25) is 5.95 Å². The summed E-state index contributed by atoms with van der Waals surface area (Å²) in [6.07, 6.45) is 1.01. The van der Waals surface area contributed by atoms with Gasteiger partial charge in [-0.15, -0.1) is 24.8 Å². The van der Waals surface area contributed by atoms with Gasteiger partial charge >= 0.3 is 0 Å². The van der Waals surface area contributed by atoms with E-state index in [1.807, 2.05) is 0 Å². The molecule has 0 saturated heterocycles. The SMILES string of the molecule is CCN1CCc2nc(N(CC)CC)nc(CN)c2C1.Cl.Cl. The van der Waals surface area contributed by atoms with Gasteiger partial charge in [-0.2, -0.15) is 0 Å². The maximum absolute atomic E-state index is 5.89. The quantitative estimate of drug-likeness (QED) is 0.891. The molecule has 5 nitrogen and oxygen atoms in total. The molecule has 0 atom stereocenters. The summed E-state index contributed by atoms with van der Waals surface area (Å²) >= 11 is 0. The summed E-state index contributed by atoms with van der Waals surface area (Å²) in [6.45, 7) is 11.9. The molecule has 0 radical (unpaired) electrons. The maximum Gasteiger partial charge on any atom is 0.225 e. The lowest BCUT2D eigenvalue weighted by Crippen LogP contribution is -2.34. The summed E-state index contributed by atoms with van der Waals surface area (Å²) in [6, 6.07) is 0. The highest BCUT2D eigenvalue weighted by Gasteiger charge is 2.21. The van der Waals surface area contributed by atoms with Crippen molar-refractivity contribution in [3.8, 4) is 0 Å². The first-order valence-corrected chi connectivity index (χ1v) is 7.29. The van der Waals surface area contributed by atoms with E-state index in [9.17, 15) is 0 Å². The lowest BCUT2D eigenvalue weighted by Gasteiger charge is -2.29. The molecule has 0 spiro atoms. The zero-order valence-electron chi connectivity index (χ0n) is 13.1. The minimum absolute atomic E-state index is 0. The highest BCUT2D eigenvalue weighted by Crippen LogP contribution is 2.22. The first kappa shape index (κ1) is 20.4. The molecule has 0 fully saturated rings. The van der Waals surface area contributed by atoms with Crippen LogP contribution in [0.5, 0.6) is 0 Å². The number of nitrogens with zero attached hydrogens (tertiary/aromatic N) is 4. The predicted octanol–water partition coefficient (Wildman–Crippen LogP) is 2.00. The number of likely N-dealkylation sites (N-methyl/N-ethyl adjacent to an activating group) is 1. The second-order valence-electron chi connectivity index (χ2n) is 4.89. The summed E-state index contributed by atoms with van der Waals surface area (Å²) in [5.74, 6) is 0.842. The molecule has 0 unspecified atom stereocenters. The van der Waals surface area contributed by atoms with Gasteiger partial charge in [-0.3, -0.25) is 4.90 Å². The standard InChI is InChI=1S/C14H25N5.2ClH/c1-4-18-8-7-12-11(10-18)13(9-15)17-14(16-12)19(5-2)6-3;;/h4-10,15H2,1-3H3;2*1H. The Labute approximate surface area is 140 Å². The largest absolute Gasteiger partial charge is 0.341 e. The Hall–Kier alpha value is -0.620. The number of aromatic nitrogens is 2. The first-order valence-electron chi connectivity index (χ1n) is 7.29. The van der Waals surface area contributed by atoms with Gasteiger partial charge in [0, 0.05) is 44.7 Å². The highest BCUT2D eigenvalue weighted by atomic mass is 35.5. The third-order valence-electron chi connectivity index (χ3n) is 3.90. The Balaban J connectivity index is 0.00000200. The van der Waals surface area contributed by atoms with Crippen LogP contribution in [0.25, 0.3) is 0 Å². The first-order chi connectivity index (χ1) is 9.23. The van der Waals surface area contributed by atoms with E-state index in [-0.39, 0.29) is 24.8 Å². The molecule has 0 bridgehead atoms. The lowest BCUT2D eigenvalue weighted by atomic mass is 10.0. The van der Waals surface area contributed by atoms with Gasteiger partial charge in [0.1, 0.15) is 0 Å². The average Bonchev–Trinajstić information content (AvgIpc) is 2.47. The van der Waals surface area contributed by atoms with E-state index in [4.69, 9.17) is 10.7 Å². The minimum atomic E-state index is 0. The molecule has 7 heteroatoms. The van der Waals surface area contributed by atoms with Crippen molar-refractivity contribution in [1.82, 2.24) is 14.9 Å². The van der Waals surface area contributed by atoms with E-state index in [0.717, 1.165) is 50.8 Å². The molecule has 0 amide bonds. The van der Waals surface area contributed by atoms with Crippen molar-refractivity contribution in [1.29, 1.82) is 0 Å². The molecule has 2 N–H and O–H groups in total. The van der Waals surface area contributed by atoms with E-state index in [1.54, 1.807) is 0 Å². The number of halogens is 2. The molecule has 1 aliphatic heterocycles. The molecular weight excluding hydrogens is 309 g/mol. The molecule has 0 saturated carbocycles. The summed E-state index contributed by atoms with van der Waals surface area (Å²) in [5.41, 5.74) is 9.36. The molecule has 0 aliphatic carbocycles. The summed E-state index contributed by atoms with van der Waals surface area (Å²) in [4.78, 5) is 14.0. The van der Waals surface area contributed by atoms with Crippen LogP contribution in [0, 0.1) is 0 Å². The van der Waals surface area contributed by atoms with Crippen LogP contribution in [-0.4, -0.2) is 41.0 Å². The zero-order chi connectivity index (χ0) is 13.8. The Morgan fingerprint density at radius 2 is 1.81 bits per heavy atom. The van der Waals surface area contributed by atoms with Gasteiger partial charge in [0.25, 0.3) is 0 Å². The lowest BCUT2D eigenvalue weighted by molar-refractivity contribution is 0.264. The smallest absolute Gasteiger partial charge is 0.225 e. The van der Waals surface area contributed by atoms with E-state index in [0.29, 0.717) is 6.54 Å². The van der Waals surface area contributed by atoms with Crippen LogP contribution in [0.3, 0.4) is 0 Å². The summed E-state index contributed by atoms with van der Waals surface area (Å²) in [5, 5.41) is 0. The topological polar surface area (TPSA) is 58.3 Å². The van der Waals surface area contributed by atoms with Crippen molar-refractivity contribution in [2.24, 2.45) is 5.73 Å². The molecule has 1 aromatic rings. The van der Waals surface area contributed by atoms with E-state index in [1.165, 1.54) is 11.3 Å². The van der Waals surface area contributed by atoms with Crippen molar-refractivity contribution in [3.63, 3.8) is 0 Å². The Morgan fingerprint density at radius 3 is 2.33 bits per heavy atom. The fourth-order valence-electron chi connectivity index (χ4n) is 2.61. The normalized spacial score (nSPS) is 13.9. The van der Waals surface area contributed by atoms with Crippen molar-refractivity contribution >= 4 is 30.8 Å². The Bertz CT molecular complexity index is 420. The van der Waals surface area contributed by atoms with Crippen LogP contribution in [-0.2, 0) is 19.5 Å². The monoisotopic (exact) mass is 335 g/mol. The fourth-order valence-corrected chi connectivity index (χ4v) is 2.61. The molecule has 0 aromatic carbocycles. The second kappa shape index (κ2) is 9.41. The fraction of sp³-hybridized carbons (Fsp3) is 0.714. The molecule has 2 rings (SSSR count). The van der Waals surface area contributed by atoms with Gasteiger partial charge < -0.3 is 10.6 Å². The molecular formula is C14H27Cl2N5. The minimum Gasteiger partial charge on any atom is -0.341 e. The number of hydrogen-bond acceptors (Lipinski definition) is 5. The second-order valence-corrected chi connectivity index (χ2v) is 4.89. The maximum atomic E-state index is 5.89. The molecule has 122 valence electrons. The summed E-state index contributed by atoms with van der Waals surface area (Å²) in [7, 11) is 0. The molecule has 2 heterocycles. The van der Waals surface area contributed by atoms with Gasteiger partial charge in [-0.05, 0) is 20.4 Å². The molecule has 21 heavy (non-hydrogen) atoms. The third kappa shape index (κ3) is 4.42. The van der Waals surface area contributed by atoms with Crippen molar-refractivity contribution in [2.45, 2.75) is 40.3 Å². The Kier molecular flexibility index (Phi) is 9.13. The molecule has 1 aromatic heterocycles. The van der Waals surface area contributed by atoms with Crippen LogP contribution in [0.1, 0.15) is 37.7 Å². The average molecular weight is 336 g/mol. The van der Waals surface area contributed by atoms with Crippen LogP contribution in [0.2, 0.25) is 0 Å². The van der Waals surface area contributed by atoms with Crippen LogP contribution in [0.15, 0.2) is 0 Å². The van der Waals surface area contributed by atoms with E-state index < -0.39 is 0 Å². The number of anilines is 1. The number of nitrogens with two attached hydrogens (primary N) is 1. The van der Waals surface area contributed by atoms with E-state index in [2.05, 4.69) is 35.6 Å². The summed E-state index contributed by atoms with van der Waals surface area (Å²) < 4.78 is 0. The van der Waals surface area contributed by atoms with Gasteiger partial charge in [0.05, 0.1) is 11.4 Å². The van der Waals surface area contributed by atoms with Crippen molar-refractivity contribution in [2.75, 3.05) is 31.1 Å².